The zero-order valence-electron chi connectivity index (χ0n) is 18.0. The fraction of sp³-hybridized carbons (Fsp3) is 0.208. The Hall–Kier alpha value is -3.92. The van der Waals surface area contributed by atoms with Gasteiger partial charge in [-0.05, 0) is 18.2 Å². The van der Waals surface area contributed by atoms with Crippen LogP contribution in [0, 0.1) is 5.82 Å². The number of piperazine rings is 1. The number of pyridine rings is 1. The van der Waals surface area contributed by atoms with Crippen LogP contribution in [0.2, 0.25) is 0 Å². The lowest BCUT2D eigenvalue weighted by Gasteiger charge is -2.37. The monoisotopic (exact) mass is 478 g/mol. The van der Waals surface area contributed by atoms with Gasteiger partial charge in [-0.1, -0.05) is 30.0 Å². The SMILES string of the molecule is C=C1COc2c(N3CCN(c4nc5ccccc5s4)CC3)c(F)cc3c(=O)c(C(=O)O)cn1c23. The molecule has 2 aromatic carbocycles. The molecular weight excluding hydrogens is 459 g/mol. The normalized spacial score (nSPS) is 15.7. The van der Waals surface area contributed by atoms with Crippen molar-refractivity contribution in [1.29, 1.82) is 0 Å². The van der Waals surface area contributed by atoms with Crippen LogP contribution in [0.15, 0.2) is 47.9 Å². The summed E-state index contributed by atoms with van der Waals surface area (Å²) >= 11 is 1.63. The second kappa shape index (κ2) is 7.56. The second-order valence-corrected chi connectivity index (χ2v) is 9.28. The van der Waals surface area contributed by atoms with E-state index >= 15 is 4.39 Å². The van der Waals surface area contributed by atoms with Gasteiger partial charge in [0.1, 0.15) is 23.4 Å². The number of halogens is 1. The molecule has 2 aromatic heterocycles. The highest BCUT2D eigenvalue weighted by molar-refractivity contribution is 7.22. The lowest BCUT2D eigenvalue weighted by Crippen LogP contribution is -2.47. The number of aromatic carboxylic acids is 1. The van der Waals surface area contributed by atoms with Crippen molar-refractivity contribution in [2.45, 2.75) is 0 Å². The molecular formula is C24H19FN4O4S. The number of carbonyl (C=O) groups is 1. The van der Waals surface area contributed by atoms with Gasteiger partial charge in [-0.3, -0.25) is 4.79 Å². The van der Waals surface area contributed by atoms with Crippen LogP contribution in [0.3, 0.4) is 0 Å². The Morgan fingerprint density at radius 2 is 1.91 bits per heavy atom. The van der Waals surface area contributed by atoms with E-state index < -0.39 is 22.8 Å². The zero-order chi connectivity index (χ0) is 23.6. The van der Waals surface area contributed by atoms with Crippen molar-refractivity contribution >= 4 is 54.9 Å². The van der Waals surface area contributed by atoms with Crippen molar-refractivity contribution in [3.05, 3.63) is 64.7 Å². The van der Waals surface area contributed by atoms with Crippen molar-refractivity contribution in [3.63, 3.8) is 0 Å². The number of aromatic nitrogens is 2. The van der Waals surface area contributed by atoms with Crippen molar-refractivity contribution < 1.29 is 19.0 Å². The first-order chi connectivity index (χ1) is 16.4. The number of carboxylic acids is 1. The summed E-state index contributed by atoms with van der Waals surface area (Å²) in [7, 11) is 0. The average molecular weight is 479 g/mol. The lowest BCUT2D eigenvalue weighted by atomic mass is 10.1. The van der Waals surface area contributed by atoms with E-state index in [1.54, 1.807) is 11.3 Å². The van der Waals surface area contributed by atoms with Crippen molar-refractivity contribution in [3.8, 4) is 5.75 Å². The first-order valence-corrected chi connectivity index (χ1v) is 11.6. The minimum atomic E-state index is -1.37. The van der Waals surface area contributed by atoms with E-state index in [9.17, 15) is 14.7 Å². The molecule has 4 heterocycles. The maximum absolute atomic E-state index is 15.4. The Labute approximate surface area is 196 Å². The molecule has 6 rings (SSSR count). The van der Waals surface area contributed by atoms with Crippen molar-refractivity contribution in [2.75, 3.05) is 42.6 Å². The Morgan fingerprint density at radius 1 is 1.18 bits per heavy atom. The van der Waals surface area contributed by atoms with Crippen LogP contribution in [0.5, 0.6) is 5.75 Å². The Bertz CT molecular complexity index is 1540. The average Bonchev–Trinajstić information content (AvgIpc) is 3.27. The number of hydrogen-bond donors (Lipinski definition) is 1. The van der Waals surface area contributed by atoms with Crippen LogP contribution in [-0.2, 0) is 0 Å². The fourth-order valence-corrected chi connectivity index (χ4v) is 5.61. The van der Waals surface area contributed by atoms with Gasteiger partial charge in [0.25, 0.3) is 0 Å². The number of carboxylic acid groups (broad SMARTS) is 1. The molecule has 0 atom stereocenters. The van der Waals surface area contributed by atoms with E-state index in [2.05, 4.69) is 11.5 Å². The van der Waals surface area contributed by atoms with Crippen LogP contribution in [0.1, 0.15) is 10.4 Å². The Morgan fingerprint density at radius 3 is 2.65 bits per heavy atom. The number of fused-ring (bicyclic) bond motifs is 1. The van der Waals surface area contributed by atoms with Crippen molar-refractivity contribution in [2.24, 2.45) is 0 Å². The molecule has 0 amide bonds. The Kier molecular flexibility index (Phi) is 4.59. The molecule has 2 aliphatic rings. The molecule has 4 aromatic rings. The van der Waals surface area contributed by atoms with Gasteiger partial charge in [-0.15, -0.1) is 0 Å². The Balaban J connectivity index is 1.38. The van der Waals surface area contributed by atoms with Crippen molar-refractivity contribution in [1.82, 2.24) is 9.55 Å². The smallest absolute Gasteiger partial charge is 0.341 e. The molecule has 8 nitrogen and oxygen atoms in total. The summed E-state index contributed by atoms with van der Waals surface area (Å²) < 4.78 is 23.9. The summed E-state index contributed by atoms with van der Waals surface area (Å²) in [6.07, 6.45) is 1.24. The number of thiazole rings is 1. The molecule has 0 aliphatic carbocycles. The molecule has 172 valence electrons. The molecule has 34 heavy (non-hydrogen) atoms. The molecule has 0 spiro atoms. The minimum absolute atomic E-state index is 0.0369. The van der Waals surface area contributed by atoms with Gasteiger partial charge in [0.15, 0.2) is 16.7 Å². The summed E-state index contributed by atoms with van der Waals surface area (Å²) in [6.45, 7) is 6.34. The maximum atomic E-state index is 15.4. The number of ether oxygens (including phenoxy) is 1. The quantitative estimate of drug-likeness (QED) is 0.481. The maximum Gasteiger partial charge on any atom is 0.341 e. The van der Waals surface area contributed by atoms with E-state index in [0.29, 0.717) is 37.4 Å². The molecule has 1 fully saturated rings. The topological polar surface area (TPSA) is 87.9 Å². The van der Waals surface area contributed by atoms with E-state index in [4.69, 9.17) is 9.72 Å². The minimum Gasteiger partial charge on any atom is -0.483 e. The van der Waals surface area contributed by atoms with Crippen LogP contribution in [-0.4, -0.2) is 53.4 Å². The summed E-state index contributed by atoms with van der Waals surface area (Å²) in [5.41, 5.74) is 0.874. The zero-order valence-corrected chi connectivity index (χ0v) is 18.8. The first-order valence-electron chi connectivity index (χ1n) is 10.7. The third-order valence-electron chi connectivity index (χ3n) is 6.27. The number of para-hydroxylation sites is 1. The third-order valence-corrected chi connectivity index (χ3v) is 7.37. The van der Waals surface area contributed by atoms with Gasteiger partial charge < -0.3 is 24.2 Å². The molecule has 2 aliphatic heterocycles. The summed E-state index contributed by atoms with van der Waals surface area (Å²) in [4.78, 5) is 33.1. The van der Waals surface area contributed by atoms with Gasteiger partial charge in [0.2, 0.25) is 5.43 Å². The summed E-state index contributed by atoms with van der Waals surface area (Å²) in [6, 6.07) is 9.10. The standard InChI is InChI=1S/C24H19FN4O4S/c1-13-12-33-22-19-14(21(30)15(23(31)32)11-29(13)19)10-16(25)20(22)27-6-8-28(9-7-27)24-26-17-4-2-3-5-18(17)34-24/h2-5,10-11H,1,6-9,12H2,(H,31,32). The molecule has 1 saturated heterocycles. The van der Waals surface area contributed by atoms with E-state index in [1.807, 2.05) is 29.2 Å². The molecule has 0 radical (unpaired) electrons. The first kappa shape index (κ1) is 20.7. The highest BCUT2D eigenvalue weighted by Crippen LogP contribution is 2.42. The van der Waals surface area contributed by atoms with Crippen LogP contribution < -0.4 is 20.0 Å². The van der Waals surface area contributed by atoms with Crippen LogP contribution >= 0.6 is 11.3 Å². The van der Waals surface area contributed by atoms with Gasteiger partial charge in [-0.25, -0.2) is 14.2 Å². The van der Waals surface area contributed by atoms with E-state index in [0.717, 1.165) is 21.4 Å². The molecule has 0 saturated carbocycles. The lowest BCUT2D eigenvalue weighted by molar-refractivity contribution is 0.0695. The van der Waals surface area contributed by atoms with Crippen LogP contribution in [0.4, 0.5) is 15.2 Å². The van der Waals surface area contributed by atoms with Gasteiger partial charge in [0.05, 0.1) is 21.3 Å². The number of benzene rings is 2. The van der Waals surface area contributed by atoms with E-state index in [-0.39, 0.29) is 23.4 Å². The predicted octanol–water partition coefficient (Wildman–Crippen LogP) is 3.64. The fourth-order valence-electron chi connectivity index (χ4n) is 4.59. The van der Waals surface area contributed by atoms with Crippen LogP contribution in [0.25, 0.3) is 26.8 Å². The van der Waals surface area contributed by atoms with Gasteiger partial charge in [-0.2, -0.15) is 0 Å². The molecule has 0 bridgehead atoms. The molecule has 0 unspecified atom stereocenters. The largest absolute Gasteiger partial charge is 0.483 e. The van der Waals surface area contributed by atoms with Gasteiger partial charge >= 0.3 is 5.97 Å². The van der Waals surface area contributed by atoms with Gasteiger partial charge in [0, 0.05) is 32.4 Å². The van der Waals surface area contributed by atoms with E-state index in [1.165, 1.54) is 10.8 Å². The predicted molar refractivity (Wildman–Crippen MR) is 130 cm³/mol. The number of nitrogens with zero attached hydrogens (tertiary/aromatic N) is 4. The molecule has 10 heteroatoms. The highest BCUT2D eigenvalue weighted by Gasteiger charge is 2.31. The molecule has 1 N–H and O–H groups in total. The second-order valence-electron chi connectivity index (χ2n) is 8.27. The highest BCUT2D eigenvalue weighted by atomic mass is 32.1. The summed E-state index contributed by atoms with van der Waals surface area (Å²) in [5, 5.41) is 10.3. The third kappa shape index (κ3) is 3.06. The number of rotatable bonds is 3. The number of anilines is 2. The summed E-state index contributed by atoms with van der Waals surface area (Å²) in [5.74, 6) is -1.74. The number of hydrogen-bond acceptors (Lipinski definition) is 7.